The maximum atomic E-state index is 11.8. The number of hydrogen-bond acceptors (Lipinski definition) is 5. The predicted octanol–water partition coefficient (Wildman–Crippen LogP) is 0.962. The zero-order valence-corrected chi connectivity index (χ0v) is 10.2. The lowest BCUT2D eigenvalue weighted by atomic mass is 10.7. The van der Waals surface area contributed by atoms with Gasteiger partial charge < -0.3 is 4.98 Å². The van der Waals surface area contributed by atoms with Gasteiger partial charge in [0.2, 0.25) is 5.95 Å². The highest BCUT2D eigenvalue weighted by atomic mass is 35.5. The summed E-state index contributed by atoms with van der Waals surface area (Å²) in [5.41, 5.74) is 0. The molecule has 2 heterocycles. The Morgan fingerprint density at radius 3 is 2.76 bits per heavy atom. The average molecular weight is 274 g/mol. The molecule has 0 saturated heterocycles. The molecule has 0 aliphatic carbocycles. The standard InChI is InChI=1S/C8H8ClN5O2S/c1-5-11-4-7(12-5)17(15,16)14-8-10-3-2-6(9)13-8/h2-4H,1H3,(H,11,12)(H,10,13,14). The summed E-state index contributed by atoms with van der Waals surface area (Å²) in [5, 5.41) is 0.0945. The van der Waals surface area contributed by atoms with Gasteiger partial charge in [0.1, 0.15) is 11.0 Å². The maximum absolute atomic E-state index is 11.8. The molecule has 2 aromatic rings. The maximum Gasteiger partial charge on any atom is 0.281 e. The summed E-state index contributed by atoms with van der Waals surface area (Å²) in [4.78, 5) is 13.9. The third-order valence-corrected chi connectivity index (χ3v) is 3.26. The highest BCUT2D eigenvalue weighted by molar-refractivity contribution is 7.92. The molecule has 0 aliphatic rings. The summed E-state index contributed by atoms with van der Waals surface area (Å²) in [5.74, 6) is 0.405. The van der Waals surface area contributed by atoms with Gasteiger partial charge in [-0.05, 0) is 13.0 Å². The van der Waals surface area contributed by atoms with Crippen LogP contribution in [0.5, 0.6) is 0 Å². The molecule has 0 fully saturated rings. The Morgan fingerprint density at radius 2 is 2.18 bits per heavy atom. The van der Waals surface area contributed by atoms with Crippen molar-refractivity contribution in [3.8, 4) is 0 Å². The van der Waals surface area contributed by atoms with Gasteiger partial charge in [-0.15, -0.1) is 0 Å². The van der Waals surface area contributed by atoms with Crippen molar-refractivity contribution in [3.63, 3.8) is 0 Å². The Bertz CT molecular complexity index is 639. The molecule has 0 unspecified atom stereocenters. The van der Waals surface area contributed by atoms with E-state index in [1.807, 2.05) is 0 Å². The number of nitrogens with zero attached hydrogens (tertiary/aromatic N) is 3. The summed E-state index contributed by atoms with van der Waals surface area (Å²) in [6.45, 7) is 1.65. The van der Waals surface area contributed by atoms with Crippen molar-refractivity contribution < 1.29 is 8.42 Å². The number of imidazole rings is 1. The normalized spacial score (nSPS) is 11.4. The molecule has 0 aliphatic heterocycles. The number of anilines is 1. The van der Waals surface area contributed by atoms with E-state index in [0.717, 1.165) is 0 Å². The molecule has 0 aromatic carbocycles. The van der Waals surface area contributed by atoms with Crippen molar-refractivity contribution in [2.75, 3.05) is 4.72 Å². The van der Waals surface area contributed by atoms with Crippen LogP contribution in [0.1, 0.15) is 5.82 Å². The van der Waals surface area contributed by atoms with E-state index in [1.54, 1.807) is 6.92 Å². The van der Waals surface area contributed by atoms with E-state index >= 15 is 0 Å². The molecule has 17 heavy (non-hydrogen) atoms. The van der Waals surface area contributed by atoms with Crippen LogP contribution in [0, 0.1) is 6.92 Å². The smallest absolute Gasteiger partial charge is 0.281 e. The van der Waals surface area contributed by atoms with Gasteiger partial charge in [0.05, 0.1) is 6.20 Å². The number of aromatic nitrogens is 4. The molecule has 0 amide bonds. The molecular formula is C8H8ClN5O2S. The van der Waals surface area contributed by atoms with Crippen molar-refractivity contribution in [1.82, 2.24) is 19.9 Å². The van der Waals surface area contributed by atoms with E-state index in [9.17, 15) is 8.42 Å². The summed E-state index contributed by atoms with van der Waals surface area (Å²) >= 11 is 5.62. The van der Waals surface area contributed by atoms with Crippen molar-refractivity contribution in [3.05, 3.63) is 29.4 Å². The van der Waals surface area contributed by atoms with Gasteiger partial charge in [-0.3, -0.25) is 0 Å². The van der Waals surface area contributed by atoms with Crippen LogP contribution in [0.4, 0.5) is 5.95 Å². The molecule has 0 saturated carbocycles. The minimum absolute atomic E-state index is 0.0569. The largest absolute Gasteiger partial charge is 0.332 e. The first-order valence-electron chi connectivity index (χ1n) is 4.50. The second kappa shape index (κ2) is 4.30. The quantitative estimate of drug-likeness (QED) is 0.811. The molecule has 0 radical (unpaired) electrons. The first-order valence-corrected chi connectivity index (χ1v) is 6.36. The second-order valence-electron chi connectivity index (χ2n) is 3.14. The van der Waals surface area contributed by atoms with E-state index in [1.165, 1.54) is 18.5 Å². The van der Waals surface area contributed by atoms with E-state index in [2.05, 4.69) is 24.7 Å². The summed E-state index contributed by atoms with van der Waals surface area (Å²) in [6, 6.07) is 1.44. The number of aromatic amines is 1. The van der Waals surface area contributed by atoms with Crippen molar-refractivity contribution in [2.24, 2.45) is 0 Å². The number of nitrogens with one attached hydrogen (secondary N) is 2. The molecule has 2 aromatic heterocycles. The second-order valence-corrected chi connectivity index (χ2v) is 5.18. The third kappa shape index (κ3) is 2.71. The highest BCUT2D eigenvalue weighted by Crippen LogP contribution is 2.12. The number of H-pyrrole nitrogens is 1. The highest BCUT2D eigenvalue weighted by Gasteiger charge is 2.17. The van der Waals surface area contributed by atoms with Crippen LogP contribution >= 0.6 is 11.6 Å². The van der Waals surface area contributed by atoms with Crippen LogP contribution in [-0.4, -0.2) is 28.4 Å². The van der Waals surface area contributed by atoms with E-state index in [-0.39, 0.29) is 16.1 Å². The van der Waals surface area contributed by atoms with Gasteiger partial charge >= 0.3 is 0 Å². The summed E-state index contributed by atoms with van der Waals surface area (Å²) in [6.07, 6.45) is 2.56. The first-order chi connectivity index (χ1) is 7.97. The topological polar surface area (TPSA) is 101 Å². The zero-order valence-electron chi connectivity index (χ0n) is 8.68. The van der Waals surface area contributed by atoms with Crippen LogP contribution < -0.4 is 4.72 Å². The lowest BCUT2D eigenvalue weighted by Gasteiger charge is -2.03. The first kappa shape index (κ1) is 11.8. The van der Waals surface area contributed by atoms with Crippen LogP contribution in [-0.2, 0) is 10.0 Å². The van der Waals surface area contributed by atoms with Crippen LogP contribution in [0.2, 0.25) is 5.15 Å². The molecule has 2 rings (SSSR count). The van der Waals surface area contributed by atoms with Gasteiger partial charge in [-0.1, -0.05) is 11.6 Å². The minimum atomic E-state index is -3.76. The fourth-order valence-corrected chi connectivity index (χ4v) is 2.15. The van der Waals surface area contributed by atoms with Crippen LogP contribution in [0.3, 0.4) is 0 Å². The molecule has 0 atom stereocenters. The Morgan fingerprint density at radius 1 is 1.41 bits per heavy atom. The summed E-state index contributed by atoms with van der Waals surface area (Å²) in [7, 11) is -3.76. The number of halogens is 1. The third-order valence-electron chi connectivity index (χ3n) is 1.82. The number of rotatable bonds is 3. The fraction of sp³-hybridized carbons (Fsp3) is 0.125. The van der Waals surface area contributed by atoms with Gasteiger partial charge in [-0.2, -0.15) is 8.42 Å². The summed E-state index contributed by atoms with van der Waals surface area (Å²) < 4.78 is 25.8. The Kier molecular flexibility index (Phi) is 2.99. The average Bonchev–Trinajstić information content (AvgIpc) is 2.65. The molecule has 2 N–H and O–H groups in total. The number of hydrogen-bond donors (Lipinski definition) is 2. The fourth-order valence-electron chi connectivity index (χ4n) is 1.10. The molecule has 7 nitrogen and oxygen atoms in total. The lowest BCUT2D eigenvalue weighted by Crippen LogP contribution is -2.15. The van der Waals surface area contributed by atoms with Gasteiger partial charge in [0, 0.05) is 6.20 Å². The van der Waals surface area contributed by atoms with Gasteiger partial charge in [-0.25, -0.2) is 19.7 Å². The Labute approximate surface area is 102 Å². The van der Waals surface area contributed by atoms with E-state index in [4.69, 9.17) is 11.6 Å². The SMILES string of the molecule is Cc1ncc(S(=O)(=O)Nc2nccc(Cl)n2)[nH]1. The van der Waals surface area contributed by atoms with Crippen molar-refractivity contribution >= 4 is 27.6 Å². The Balaban J connectivity index is 2.29. The molecular weight excluding hydrogens is 266 g/mol. The molecule has 0 bridgehead atoms. The van der Waals surface area contributed by atoms with Crippen molar-refractivity contribution in [2.45, 2.75) is 11.9 Å². The van der Waals surface area contributed by atoms with Crippen LogP contribution in [0.15, 0.2) is 23.5 Å². The number of sulfonamides is 1. The van der Waals surface area contributed by atoms with Crippen molar-refractivity contribution in [1.29, 1.82) is 0 Å². The Hall–Kier alpha value is -1.67. The van der Waals surface area contributed by atoms with Gasteiger partial charge in [0.25, 0.3) is 10.0 Å². The molecule has 0 spiro atoms. The van der Waals surface area contributed by atoms with E-state index < -0.39 is 10.0 Å². The minimum Gasteiger partial charge on any atom is -0.332 e. The molecule has 9 heteroatoms. The molecule has 90 valence electrons. The monoisotopic (exact) mass is 273 g/mol. The lowest BCUT2D eigenvalue weighted by molar-refractivity contribution is 0.597. The number of aryl methyl sites for hydroxylation is 1. The van der Waals surface area contributed by atoms with E-state index in [0.29, 0.717) is 5.82 Å². The van der Waals surface area contributed by atoms with Crippen LogP contribution in [0.25, 0.3) is 0 Å². The van der Waals surface area contributed by atoms with Gasteiger partial charge in [0.15, 0.2) is 5.03 Å². The predicted molar refractivity (Wildman–Crippen MR) is 61.2 cm³/mol. The zero-order chi connectivity index (χ0) is 12.5.